The molecule has 182 valence electrons. The van der Waals surface area contributed by atoms with E-state index in [0.29, 0.717) is 21.8 Å². The van der Waals surface area contributed by atoms with E-state index in [9.17, 15) is 13.2 Å². The summed E-state index contributed by atoms with van der Waals surface area (Å²) in [5, 5.41) is 0.579. The number of fused-ring (bicyclic) bond motifs is 1. The summed E-state index contributed by atoms with van der Waals surface area (Å²) in [6.45, 7) is 2.29. The number of benzene rings is 4. The molecule has 0 aliphatic carbocycles. The van der Waals surface area contributed by atoms with E-state index in [0.717, 1.165) is 33.6 Å². The van der Waals surface area contributed by atoms with Crippen LogP contribution in [0.15, 0.2) is 107 Å². The van der Waals surface area contributed by atoms with Gasteiger partial charge in [0, 0.05) is 5.02 Å². The molecule has 0 amide bonds. The standard InChI is InChI=1S/C28H23ClN2O3S2/c1-19-8-7-12-21(16-19)27(20-9-3-2-4-10-20)30-36(33,34)23-14-15-25-26(17-23)35-28(32)31(25)18-22-11-5-6-13-24(22)29/h2-17,27,30H,18H2,1H3/t27-/m1/s1. The van der Waals surface area contributed by atoms with Gasteiger partial charge in [0.25, 0.3) is 0 Å². The first kappa shape index (κ1) is 24.5. The van der Waals surface area contributed by atoms with E-state index in [1.165, 1.54) is 6.07 Å². The lowest BCUT2D eigenvalue weighted by Gasteiger charge is -2.20. The Morgan fingerprint density at radius 1 is 0.889 bits per heavy atom. The van der Waals surface area contributed by atoms with Gasteiger partial charge in [-0.2, -0.15) is 4.72 Å². The Kier molecular flexibility index (Phi) is 6.81. The Hall–Kier alpha value is -3.23. The average Bonchev–Trinajstić information content (AvgIpc) is 3.18. The first-order chi connectivity index (χ1) is 17.3. The third-order valence-corrected chi connectivity index (χ3v) is 8.75. The van der Waals surface area contributed by atoms with Crippen molar-refractivity contribution in [1.29, 1.82) is 0 Å². The molecule has 5 aromatic rings. The van der Waals surface area contributed by atoms with Crippen molar-refractivity contribution in [3.8, 4) is 0 Å². The minimum absolute atomic E-state index is 0.106. The first-order valence-corrected chi connectivity index (χ1v) is 14.0. The fourth-order valence-corrected chi connectivity index (χ4v) is 6.65. The molecule has 0 fully saturated rings. The molecule has 5 rings (SSSR count). The number of aromatic nitrogens is 1. The number of thiazole rings is 1. The molecular formula is C28H23ClN2O3S2. The van der Waals surface area contributed by atoms with Crippen LogP contribution in [0.2, 0.25) is 5.02 Å². The highest BCUT2D eigenvalue weighted by atomic mass is 35.5. The molecule has 0 spiro atoms. The SMILES string of the molecule is Cc1cccc([C@H](NS(=O)(=O)c2ccc3c(c2)sc(=O)n3Cc2ccccc2Cl)c2ccccc2)c1. The number of hydrogen-bond acceptors (Lipinski definition) is 4. The summed E-state index contributed by atoms with van der Waals surface area (Å²) >= 11 is 7.31. The molecule has 5 nitrogen and oxygen atoms in total. The summed E-state index contributed by atoms with van der Waals surface area (Å²) in [4.78, 5) is 12.7. The summed E-state index contributed by atoms with van der Waals surface area (Å²) in [5.74, 6) is 0. The van der Waals surface area contributed by atoms with Gasteiger partial charge in [-0.3, -0.25) is 9.36 Å². The quantitative estimate of drug-likeness (QED) is 0.272. The van der Waals surface area contributed by atoms with Crippen LogP contribution in [-0.2, 0) is 16.6 Å². The van der Waals surface area contributed by atoms with Crippen molar-refractivity contribution in [2.24, 2.45) is 0 Å². The Labute approximate surface area is 218 Å². The molecule has 36 heavy (non-hydrogen) atoms. The number of nitrogens with zero attached hydrogens (tertiary/aromatic N) is 1. The topological polar surface area (TPSA) is 68.2 Å². The second-order valence-electron chi connectivity index (χ2n) is 8.55. The molecule has 0 radical (unpaired) electrons. The van der Waals surface area contributed by atoms with Gasteiger partial charge in [0.15, 0.2) is 0 Å². The minimum Gasteiger partial charge on any atom is -0.294 e. The van der Waals surface area contributed by atoms with Gasteiger partial charge in [0.2, 0.25) is 10.0 Å². The van der Waals surface area contributed by atoms with Crippen LogP contribution in [-0.4, -0.2) is 13.0 Å². The fraction of sp³-hybridized carbons (Fsp3) is 0.107. The third-order valence-electron chi connectivity index (χ3n) is 6.02. The Morgan fingerprint density at radius 3 is 2.36 bits per heavy atom. The maximum Gasteiger partial charge on any atom is 0.308 e. The van der Waals surface area contributed by atoms with Gasteiger partial charge in [-0.05, 0) is 47.9 Å². The van der Waals surface area contributed by atoms with Gasteiger partial charge in [0.1, 0.15) is 0 Å². The van der Waals surface area contributed by atoms with Crippen molar-refractivity contribution in [1.82, 2.24) is 9.29 Å². The van der Waals surface area contributed by atoms with E-state index < -0.39 is 16.1 Å². The zero-order chi connectivity index (χ0) is 25.3. The fourth-order valence-electron chi connectivity index (χ4n) is 4.21. The largest absolute Gasteiger partial charge is 0.308 e. The maximum atomic E-state index is 13.5. The lowest BCUT2D eigenvalue weighted by Crippen LogP contribution is -2.29. The minimum atomic E-state index is -3.91. The number of sulfonamides is 1. The zero-order valence-electron chi connectivity index (χ0n) is 19.4. The van der Waals surface area contributed by atoms with Gasteiger partial charge < -0.3 is 0 Å². The molecular weight excluding hydrogens is 512 g/mol. The summed E-state index contributed by atoms with van der Waals surface area (Å²) < 4.78 is 32.2. The lowest BCUT2D eigenvalue weighted by molar-refractivity contribution is 0.572. The monoisotopic (exact) mass is 534 g/mol. The van der Waals surface area contributed by atoms with Gasteiger partial charge in [-0.25, -0.2) is 8.42 Å². The molecule has 1 N–H and O–H groups in total. The Morgan fingerprint density at radius 2 is 1.61 bits per heavy atom. The van der Waals surface area contributed by atoms with Gasteiger partial charge in [-0.15, -0.1) is 0 Å². The molecule has 0 bridgehead atoms. The van der Waals surface area contributed by atoms with E-state index in [4.69, 9.17) is 11.6 Å². The van der Waals surface area contributed by atoms with Crippen molar-refractivity contribution >= 4 is 43.2 Å². The van der Waals surface area contributed by atoms with Crippen LogP contribution in [0.1, 0.15) is 28.3 Å². The summed E-state index contributed by atoms with van der Waals surface area (Å²) in [7, 11) is -3.91. The van der Waals surface area contributed by atoms with Crippen molar-refractivity contribution in [3.63, 3.8) is 0 Å². The molecule has 0 aliphatic rings. The smallest absolute Gasteiger partial charge is 0.294 e. The highest BCUT2D eigenvalue weighted by molar-refractivity contribution is 7.89. The second-order valence-corrected chi connectivity index (χ2v) is 11.7. The molecule has 0 saturated carbocycles. The van der Waals surface area contributed by atoms with Crippen molar-refractivity contribution < 1.29 is 8.42 Å². The number of halogens is 1. The molecule has 1 atom stereocenters. The normalized spacial score (nSPS) is 12.6. The van der Waals surface area contributed by atoms with Crippen LogP contribution in [0.5, 0.6) is 0 Å². The summed E-state index contributed by atoms with van der Waals surface area (Å²) in [6, 6.07) is 28.8. The predicted octanol–water partition coefficient (Wildman–Crippen LogP) is 6.14. The van der Waals surface area contributed by atoms with Crippen molar-refractivity contribution in [3.05, 3.63) is 134 Å². The Bertz CT molecular complexity index is 1710. The van der Waals surface area contributed by atoms with Crippen LogP contribution in [0, 0.1) is 6.92 Å². The van der Waals surface area contributed by atoms with Crippen LogP contribution in [0.3, 0.4) is 0 Å². The van der Waals surface area contributed by atoms with Crippen LogP contribution in [0.4, 0.5) is 0 Å². The van der Waals surface area contributed by atoms with Gasteiger partial charge in [0.05, 0.1) is 27.7 Å². The van der Waals surface area contributed by atoms with E-state index >= 15 is 0 Å². The third kappa shape index (κ3) is 5.01. The number of nitrogens with one attached hydrogen (secondary N) is 1. The molecule has 0 unspecified atom stereocenters. The lowest BCUT2D eigenvalue weighted by atomic mass is 9.98. The molecule has 1 aromatic heterocycles. The van der Waals surface area contributed by atoms with E-state index in [-0.39, 0.29) is 9.77 Å². The molecule has 4 aromatic carbocycles. The highest BCUT2D eigenvalue weighted by Crippen LogP contribution is 2.28. The van der Waals surface area contributed by atoms with Crippen molar-refractivity contribution in [2.45, 2.75) is 24.4 Å². The number of rotatable bonds is 7. The van der Waals surface area contributed by atoms with E-state index in [2.05, 4.69) is 4.72 Å². The molecule has 8 heteroatoms. The zero-order valence-corrected chi connectivity index (χ0v) is 21.8. The average molecular weight is 535 g/mol. The van der Waals surface area contributed by atoms with Crippen LogP contribution >= 0.6 is 22.9 Å². The molecule has 0 aliphatic heterocycles. The van der Waals surface area contributed by atoms with Crippen LogP contribution in [0.25, 0.3) is 10.2 Å². The Balaban J connectivity index is 1.51. The number of aryl methyl sites for hydroxylation is 1. The van der Waals surface area contributed by atoms with Gasteiger partial charge in [-0.1, -0.05) is 101 Å². The molecule has 0 saturated heterocycles. The van der Waals surface area contributed by atoms with E-state index in [1.54, 1.807) is 22.8 Å². The summed E-state index contributed by atoms with van der Waals surface area (Å²) in [5.41, 5.74) is 4.22. The second kappa shape index (κ2) is 10.0. The highest BCUT2D eigenvalue weighted by Gasteiger charge is 2.24. The number of hydrogen-bond donors (Lipinski definition) is 1. The maximum absolute atomic E-state index is 13.5. The van der Waals surface area contributed by atoms with E-state index in [1.807, 2.05) is 79.7 Å². The van der Waals surface area contributed by atoms with Crippen molar-refractivity contribution in [2.75, 3.05) is 0 Å². The van der Waals surface area contributed by atoms with Crippen LogP contribution < -0.4 is 9.60 Å². The first-order valence-electron chi connectivity index (χ1n) is 11.3. The summed E-state index contributed by atoms with van der Waals surface area (Å²) in [6.07, 6.45) is 0. The predicted molar refractivity (Wildman–Crippen MR) is 146 cm³/mol. The van der Waals surface area contributed by atoms with Gasteiger partial charge >= 0.3 is 4.87 Å². The molecule has 1 heterocycles.